The van der Waals surface area contributed by atoms with Crippen LogP contribution in [0.4, 0.5) is 0 Å². The summed E-state index contributed by atoms with van der Waals surface area (Å²) in [5.74, 6) is 1.56. The van der Waals surface area contributed by atoms with Gasteiger partial charge in [0.15, 0.2) is 5.78 Å². The van der Waals surface area contributed by atoms with E-state index in [-0.39, 0.29) is 18.3 Å². The van der Waals surface area contributed by atoms with Crippen molar-refractivity contribution in [3.63, 3.8) is 0 Å². The lowest BCUT2D eigenvalue weighted by Crippen LogP contribution is -2.14. The fourth-order valence-corrected chi connectivity index (χ4v) is 3.95. The van der Waals surface area contributed by atoms with Gasteiger partial charge >= 0.3 is 0 Å². The number of rotatable bonds is 8. The second kappa shape index (κ2) is 8.67. The molecule has 4 heterocycles. The molecule has 0 bridgehead atoms. The van der Waals surface area contributed by atoms with E-state index >= 15 is 0 Å². The maximum absolute atomic E-state index is 13.0. The summed E-state index contributed by atoms with van der Waals surface area (Å²) in [6.07, 6.45) is 8.55. The van der Waals surface area contributed by atoms with Gasteiger partial charge in [0.2, 0.25) is 5.88 Å². The highest BCUT2D eigenvalue weighted by Gasteiger charge is 2.24. The molecule has 2 fully saturated rings. The molecule has 0 spiro atoms. The number of Topliss-reactive ketones (excluding diaryl/α,β-unsaturated/α-hetero) is 1. The topological polar surface area (TPSA) is 75.0 Å². The van der Waals surface area contributed by atoms with E-state index < -0.39 is 0 Å². The first kappa shape index (κ1) is 20.0. The van der Waals surface area contributed by atoms with Gasteiger partial charge in [0.1, 0.15) is 23.2 Å². The molecule has 162 valence electrons. The van der Waals surface area contributed by atoms with Crippen molar-refractivity contribution in [2.24, 2.45) is 0 Å². The molecule has 2 aliphatic rings. The normalized spacial score (nSPS) is 17.1. The van der Waals surface area contributed by atoms with E-state index in [2.05, 4.69) is 11.2 Å². The molecule has 3 aromatic heterocycles. The van der Waals surface area contributed by atoms with Crippen LogP contribution < -0.4 is 9.47 Å². The van der Waals surface area contributed by atoms with Crippen LogP contribution in [0.5, 0.6) is 11.6 Å². The average molecular weight is 421 g/mol. The van der Waals surface area contributed by atoms with Gasteiger partial charge in [0.25, 0.3) is 0 Å². The third-order valence-corrected chi connectivity index (χ3v) is 5.76. The summed E-state index contributed by atoms with van der Waals surface area (Å²) in [5, 5.41) is 0. The van der Waals surface area contributed by atoms with Gasteiger partial charge in [-0.2, -0.15) is 0 Å². The molecule has 0 unspecified atom stereocenters. The molecule has 0 N–H and O–H groups in total. The van der Waals surface area contributed by atoms with Gasteiger partial charge in [-0.25, -0.2) is 9.97 Å². The lowest BCUT2D eigenvalue weighted by Gasteiger charge is -2.19. The van der Waals surface area contributed by atoms with Gasteiger partial charge in [-0.1, -0.05) is 6.07 Å². The highest BCUT2D eigenvalue weighted by molar-refractivity contribution is 5.96. The van der Waals surface area contributed by atoms with Crippen LogP contribution in [0, 0.1) is 0 Å². The summed E-state index contributed by atoms with van der Waals surface area (Å²) in [6, 6.07) is 7.28. The van der Waals surface area contributed by atoms with E-state index in [0.717, 1.165) is 55.8 Å². The Bertz CT molecular complexity index is 1080. The molecule has 1 saturated heterocycles. The number of carbonyl (C=O) groups is 1. The number of nitrogens with zero attached hydrogens (tertiary/aromatic N) is 3. The van der Waals surface area contributed by atoms with Crippen molar-refractivity contribution >= 4 is 11.4 Å². The Morgan fingerprint density at radius 2 is 2.00 bits per heavy atom. The van der Waals surface area contributed by atoms with Crippen LogP contribution in [-0.2, 0) is 11.2 Å². The summed E-state index contributed by atoms with van der Waals surface area (Å²) < 4.78 is 19.1. The van der Waals surface area contributed by atoms with Gasteiger partial charge in [0, 0.05) is 55.6 Å². The Labute approximate surface area is 181 Å². The Balaban J connectivity index is 1.40. The Morgan fingerprint density at radius 3 is 2.77 bits per heavy atom. The molecular weight excluding hydrogens is 394 g/mol. The SMILES string of the molecule is CCOc1cc2nc(C3CCOCC3)cn2cc1CC(=O)c1cccc(OC2CC2)n1. The summed E-state index contributed by atoms with van der Waals surface area (Å²) in [6.45, 7) is 4.01. The molecule has 31 heavy (non-hydrogen) atoms. The zero-order valence-electron chi connectivity index (χ0n) is 17.8. The van der Waals surface area contributed by atoms with E-state index in [1.807, 2.05) is 29.7 Å². The van der Waals surface area contributed by atoms with Crippen molar-refractivity contribution in [1.29, 1.82) is 0 Å². The molecular formula is C24H27N3O4. The maximum Gasteiger partial charge on any atom is 0.214 e. The van der Waals surface area contributed by atoms with Crippen LogP contribution in [0.15, 0.2) is 36.7 Å². The number of pyridine rings is 2. The van der Waals surface area contributed by atoms with Crippen LogP contribution in [0.1, 0.15) is 60.3 Å². The van der Waals surface area contributed by atoms with Crippen molar-refractivity contribution in [2.45, 2.75) is 51.0 Å². The average Bonchev–Trinajstić information content (AvgIpc) is 3.51. The summed E-state index contributed by atoms with van der Waals surface area (Å²) in [7, 11) is 0. The van der Waals surface area contributed by atoms with Crippen LogP contribution >= 0.6 is 0 Å². The van der Waals surface area contributed by atoms with Crippen molar-refractivity contribution in [1.82, 2.24) is 14.4 Å². The van der Waals surface area contributed by atoms with Gasteiger partial charge in [-0.15, -0.1) is 0 Å². The smallest absolute Gasteiger partial charge is 0.214 e. The van der Waals surface area contributed by atoms with Gasteiger partial charge in [-0.3, -0.25) is 4.79 Å². The largest absolute Gasteiger partial charge is 0.493 e. The van der Waals surface area contributed by atoms with Crippen LogP contribution in [-0.4, -0.2) is 46.1 Å². The Morgan fingerprint density at radius 1 is 1.16 bits per heavy atom. The molecule has 0 radical (unpaired) electrons. The molecule has 3 aromatic rings. The summed E-state index contributed by atoms with van der Waals surface area (Å²) in [5.41, 5.74) is 3.14. The quantitative estimate of drug-likeness (QED) is 0.512. The first-order chi connectivity index (χ1) is 15.2. The van der Waals surface area contributed by atoms with Crippen molar-refractivity contribution in [2.75, 3.05) is 19.8 Å². The molecule has 0 amide bonds. The summed E-state index contributed by atoms with van der Waals surface area (Å²) in [4.78, 5) is 22.2. The maximum atomic E-state index is 13.0. The van der Waals surface area contributed by atoms with Crippen LogP contribution in [0.25, 0.3) is 5.65 Å². The third-order valence-electron chi connectivity index (χ3n) is 5.76. The van der Waals surface area contributed by atoms with Crippen LogP contribution in [0.3, 0.4) is 0 Å². The molecule has 1 aliphatic carbocycles. The highest BCUT2D eigenvalue weighted by Crippen LogP contribution is 2.29. The van der Waals surface area contributed by atoms with Crippen molar-refractivity contribution in [3.05, 3.63) is 53.6 Å². The molecule has 1 saturated carbocycles. The molecule has 1 aliphatic heterocycles. The molecule has 5 rings (SSSR count). The predicted molar refractivity (Wildman–Crippen MR) is 115 cm³/mol. The number of ether oxygens (including phenoxy) is 3. The minimum absolute atomic E-state index is 0.0636. The van der Waals surface area contributed by atoms with Gasteiger partial charge in [-0.05, 0) is 38.7 Å². The van der Waals surface area contributed by atoms with Gasteiger partial charge in [0.05, 0.1) is 12.3 Å². The zero-order chi connectivity index (χ0) is 21.2. The molecule has 7 nitrogen and oxygen atoms in total. The minimum Gasteiger partial charge on any atom is -0.493 e. The number of fused-ring (bicyclic) bond motifs is 1. The second-order valence-electron chi connectivity index (χ2n) is 8.19. The summed E-state index contributed by atoms with van der Waals surface area (Å²) >= 11 is 0. The molecule has 0 aromatic carbocycles. The first-order valence-corrected chi connectivity index (χ1v) is 11.1. The number of hydrogen-bond donors (Lipinski definition) is 0. The number of ketones is 1. The van der Waals surface area contributed by atoms with Crippen molar-refractivity contribution in [3.8, 4) is 11.6 Å². The lowest BCUT2D eigenvalue weighted by atomic mass is 9.97. The number of aromatic nitrogens is 3. The Hall–Kier alpha value is -2.93. The van der Waals surface area contributed by atoms with E-state index in [0.29, 0.717) is 29.8 Å². The van der Waals surface area contributed by atoms with Crippen molar-refractivity contribution < 1.29 is 19.0 Å². The number of hydrogen-bond acceptors (Lipinski definition) is 6. The number of carbonyl (C=O) groups excluding carboxylic acids is 1. The van der Waals surface area contributed by atoms with E-state index in [9.17, 15) is 4.79 Å². The standard InChI is InChI=1S/C24H27N3O4/c1-2-30-22-13-23-25-20(16-8-10-29-11-9-16)15-27(23)14-17(22)12-21(28)19-4-3-5-24(26-19)31-18-6-7-18/h3-5,13-16,18H,2,6-12H2,1H3. The fraction of sp³-hybridized carbons (Fsp3) is 0.458. The lowest BCUT2D eigenvalue weighted by molar-refractivity contribution is 0.0846. The van der Waals surface area contributed by atoms with Gasteiger partial charge < -0.3 is 18.6 Å². The second-order valence-corrected chi connectivity index (χ2v) is 8.19. The Kier molecular flexibility index (Phi) is 5.59. The fourth-order valence-electron chi connectivity index (χ4n) is 3.95. The minimum atomic E-state index is -0.0636. The van der Waals surface area contributed by atoms with E-state index in [1.54, 1.807) is 12.1 Å². The van der Waals surface area contributed by atoms with Crippen LogP contribution in [0.2, 0.25) is 0 Å². The molecule has 0 atom stereocenters. The first-order valence-electron chi connectivity index (χ1n) is 11.1. The number of imidazole rings is 1. The highest BCUT2D eigenvalue weighted by atomic mass is 16.5. The molecule has 7 heteroatoms. The monoisotopic (exact) mass is 421 g/mol. The third kappa shape index (κ3) is 4.56. The van der Waals surface area contributed by atoms with E-state index in [1.165, 1.54) is 0 Å². The van der Waals surface area contributed by atoms with E-state index in [4.69, 9.17) is 19.2 Å². The predicted octanol–water partition coefficient (Wildman–Crippen LogP) is 3.99. The zero-order valence-corrected chi connectivity index (χ0v) is 17.8.